The molecule has 0 aliphatic carbocycles. The number of carbonyl (C=O) groups excluding carboxylic acids is 1. The van der Waals surface area contributed by atoms with E-state index in [9.17, 15) is 4.79 Å². The van der Waals surface area contributed by atoms with Gasteiger partial charge in [-0.2, -0.15) is 0 Å². The van der Waals surface area contributed by atoms with E-state index in [1.54, 1.807) is 0 Å². The van der Waals surface area contributed by atoms with Crippen molar-refractivity contribution < 1.29 is 9.53 Å². The highest BCUT2D eigenvalue weighted by Gasteiger charge is 2.21. The summed E-state index contributed by atoms with van der Waals surface area (Å²) in [7, 11) is 0. The standard InChI is InChI=1S/C9H14ClNO2/c1-6-3-4-8(13-6)5-11-9(12)7(2)10/h6,8H,2-5H2,1H3,(H,11,12). The van der Waals surface area contributed by atoms with Crippen molar-refractivity contribution >= 4 is 17.5 Å². The van der Waals surface area contributed by atoms with Gasteiger partial charge >= 0.3 is 0 Å². The molecule has 0 aromatic rings. The van der Waals surface area contributed by atoms with Crippen molar-refractivity contribution in [3.63, 3.8) is 0 Å². The molecule has 0 bridgehead atoms. The Balaban J connectivity index is 2.20. The highest BCUT2D eigenvalue weighted by molar-refractivity contribution is 6.41. The van der Waals surface area contributed by atoms with E-state index in [-0.39, 0.29) is 17.0 Å². The van der Waals surface area contributed by atoms with Gasteiger partial charge in [0.15, 0.2) is 0 Å². The summed E-state index contributed by atoms with van der Waals surface area (Å²) in [6, 6.07) is 0. The number of carbonyl (C=O) groups is 1. The zero-order valence-electron chi connectivity index (χ0n) is 7.68. The van der Waals surface area contributed by atoms with E-state index in [1.165, 1.54) is 0 Å². The zero-order valence-corrected chi connectivity index (χ0v) is 8.43. The maximum absolute atomic E-state index is 11.0. The minimum absolute atomic E-state index is 0.0195. The van der Waals surface area contributed by atoms with Crippen molar-refractivity contribution in [2.75, 3.05) is 6.54 Å². The summed E-state index contributed by atoms with van der Waals surface area (Å²) in [6.07, 6.45) is 2.49. The monoisotopic (exact) mass is 203 g/mol. The molecule has 13 heavy (non-hydrogen) atoms. The average Bonchev–Trinajstić information content (AvgIpc) is 2.47. The van der Waals surface area contributed by atoms with Crippen LogP contribution in [-0.2, 0) is 9.53 Å². The molecule has 2 unspecified atom stereocenters. The van der Waals surface area contributed by atoms with Gasteiger partial charge in [0.05, 0.1) is 17.2 Å². The van der Waals surface area contributed by atoms with Crippen molar-refractivity contribution in [3.05, 3.63) is 11.6 Å². The molecule has 0 spiro atoms. The third-order valence-electron chi connectivity index (χ3n) is 2.06. The van der Waals surface area contributed by atoms with Crippen LogP contribution in [0.15, 0.2) is 11.6 Å². The van der Waals surface area contributed by atoms with Crippen molar-refractivity contribution in [1.82, 2.24) is 5.32 Å². The Bertz CT molecular complexity index is 218. The van der Waals surface area contributed by atoms with Crippen LogP contribution >= 0.6 is 11.6 Å². The molecular weight excluding hydrogens is 190 g/mol. The van der Waals surface area contributed by atoms with Gasteiger partial charge < -0.3 is 10.1 Å². The normalized spacial score (nSPS) is 27.2. The second kappa shape index (κ2) is 4.63. The minimum atomic E-state index is -0.315. The quantitative estimate of drug-likeness (QED) is 0.705. The van der Waals surface area contributed by atoms with E-state index >= 15 is 0 Å². The first-order valence-electron chi connectivity index (χ1n) is 4.37. The minimum Gasteiger partial charge on any atom is -0.373 e. The molecule has 0 aromatic heterocycles. The van der Waals surface area contributed by atoms with Crippen LogP contribution in [-0.4, -0.2) is 24.7 Å². The molecule has 3 nitrogen and oxygen atoms in total. The van der Waals surface area contributed by atoms with Crippen LogP contribution < -0.4 is 5.32 Å². The maximum Gasteiger partial charge on any atom is 0.262 e. The molecule has 0 aromatic carbocycles. The summed E-state index contributed by atoms with van der Waals surface area (Å²) in [5, 5.41) is 2.67. The number of hydrogen-bond acceptors (Lipinski definition) is 2. The Hall–Kier alpha value is -0.540. The summed E-state index contributed by atoms with van der Waals surface area (Å²) < 4.78 is 5.50. The number of rotatable bonds is 3. The first-order chi connectivity index (χ1) is 6.09. The molecule has 4 heteroatoms. The van der Waals surface area contributed by atoms with Crippen molar-refractivity contribution in [2.45, 2.75) is 32.0 Å². The summed E-state index contributed by atoms with van der Waals surface area (Å²) in [6.45, 7) is 5.88. The van der Waals surface area contributed by atoms with Crippen LogP contribution in [0.3, 0.4) is 0 Å². The smallest absolute Gasteiger partial charge is 0.262 e. The second-order valence-electron chi connectivity index (χ2n) is 3.26. The van der Waals surface area contributed by atoms with Crippen molar-refractivity contribution in [3.8, 4) is 0 Å². The fourth-order valence-corrected chi connectivity index (χ4v) is 1.40. The van der Waals surface area contributed by atoms with Crippen molar-refractivity contribution in [2.24, 2.45) is 0 Å². The van der Waals surface area contributed by atoms with E-state index in [4.69, 9.17) is 16.3 Å². The predicted molar refractivity (Wildman–Crippen MR) is 51.6 cm³/mol. The van der Waals surface area contributed by atoms with Gasteiger partial charge in [-0.05, 0) is 19.8 Å². The van der Waals surface area contributed by atoms with Gasteiger partial charge in [-0.3, -0.25) is 4.79 Å². The number of nitrogens with one attached hydrogen (secondary N) is 1. The first kappa shape index (κ1) is 10.5. The Morgan fingerprint density at radius 2 is 2.38 bits per heavy atom. The molecule has 1 saturated heterocycles. The Kier molecular flexibility index (Phi) is 3.75. The molecule has 1 amide bonds. The molecule has 2 atom stereocenters. The third-order valence-corrected chi connectivity index (χ3v) is 2.23. The van der Waals surface area contributed by atoms with Crippen molar-refractivity contribution in [1.29, 1.82) is 0 Å². The van der Waals surface area contributed by atoms with Crippen LogP contribution in [0.25, 0.3) is 0 Å². The Labute approximate surface area is 83.1 Å². The topological polar surface area (TPSA) is 38.3 Å². The molecular formula is C9H14ClNO2. The van der Waals surface area contributed by atoms with Gasteiger partial charge in [0, 0.05) is 6.54 Å². The molecule has 1 fully saturated rings. The predicted octanol–water partition coefficient (Wildman–Crippen LogP) is 1.42. The number of amides is 1. The summed E-state index contributed by atoms with van der Waals surface area (Å²) in [5.41, 5.74) is 0. The lowest BCUT2D eigenvalue weighted by Gasteiger charge is -2.11. The van der Waals surface area contributed by atoms with E-state index in [2.05, 4.69) is 11.9 Å². The molecule has 1 heterocycles. The summed E-state index contributed by atoms with van der Waals surface area (Å²) >= 11 is 5.40. The van der Waals surface area contributed by atoms with E-state index < -0.39 is 0 Å². The fraction of sp³-hybridized carbons (Fsp3) is 0.667. The largest absolute Gasteiger partial charge is 0.373 e. The zero-order chi connectivity index (χ0) is 9.84. The van der Waals surface area contributed by atoms with Crippen LogP contribution in [0.1, 0.15) is 19.8 Å². The number of halogens is 1. The molecule has 1 aliphatic heterocycles. The summed E-state index contributed by atoms with van der Waals surface area (Å²) in [5.74, 6) is -0.315. The van der Waals surface area contributed by atoms with Crippen LogP contribution in [0, 0.1) is 0 Å². The van der Waals surface area contributed by atoms with Gasteiger partial charge in [0.2, 0.25) is 0 Å². The fourth-order valence-electron chi connectivity index (χ4n) is 1.34. The SMILES string of the molecule is C=C(Cl)C(=O)NCC1CCC(C)O1. The first-order valence-corrected chi connectivity index (χ1v) is 4.75. The van der Waals surface area contributed by atoms with Gasteiger partial charge in [0.25, 0.3) is 5.91 Å². The lowest BCUT2D eigenvalue weighted by atomic mass is 10.2. The molecule has 1 N–H and O–H groups in total. The highest BCUT2D eigenvalue weighted by Crippen LogP contribution is 2.18. The van der Waals surface area contributed by atoms with Crippen LogP contribution in [0.2, 0.25) is 0 Å². The number of ether oxygens (including phenoxy) is 1. The van der Waals surface area contributed by atoms with E-state index in [0.29, 0.717) is 12.6 Å². The lowest BCUT2D eigenvalue weighted by molar-refractivity contribution is -0.117. The van der Waals surface area contributed by atoms with Crippen LogP contribution in [0.5, 0.6) is 0 Å². The van der Waals surface area contributed by atoms with Gasteiger partial charge in [-0.1, -0.05) is 18.2 Å². The molecule has 1 aliphatic rings. The molecule has 1 rings (SSSR count). The Morgan fingerprint density at radius 3 is 2.85 bits per heavy atom. The van der Waals surface area contributed by atoms with Gasteiger partial charge in [0.1, 0.15) is 0 Å². The van der Waals surface area contributed by atoms with E-state index in [1.807, 2.05) is 6.92 Å². The molecule has 0 radical (unpaired) electrons. The highest BCUT2D eigenvalue weighted by atomic mass is 35.5. The maximum atomic E-state index is 11.0. The van der Waals surface area contributed by atoms with E-state index in [0.717, 1.165) is 12.8 Å². The van der Waals surface area contributed by atoms with Crippen LogP contribution in [0.4, 0.5) is 0 Å². The average molecular weight is 204 g/mol. The van der Waals surface area contributed by atoms with Gasteiger partial charge in [-0.25, -0.2) is 0 Å². The molecule has 0 saturated carbocycles. The summed E-state index contributed by atoms with van der Waals surface area (Å²) in [4.78, 5) is 11.0. The molecule has 74 valence electrons. The Morgan fingerprint density at radius 1 is 1.69 bits per heavy atom. The van der Waals surface area contributed by atoms with Gasteiger partial charge in [-0.15, -0.1) is 0 Å². The third kappa shape index (κ3) is 3.36. The lowest BCUT2D eigenvalue weighted by Crippen LogP contribution is -2.31. The second-order valence-corrected chi connectivity index (χ2v) is 3.72. The number of hydrogen-bond donors (Lipinski definition) is 1.